The topological polar surface area (TPSA) is 29.9 Å². The Morgan fingerprint density at radius 1 is 1.28 bits per heavy atom. The first kappa shape index (κ1) is 15.2. The van der Waals surface area contributed by atoms with Crippen molar-refractivity contribution >= 4 is 0 Å². The summed E-state index contributed by atoms with van der Waals surface area (Å²) in [6, 6.07) is 2.60. The number of nitrogens with zero attached hydrogens (tertiary/aromatic N) is 2. The number of rotatable bonds is 6. The summed E-state index contributed by atoms with van der Waals surface area (Å²) >= 11 is 0. The van der Waals surface area contributed by atoms with Crippen LogP contribution in [0.15, 0.2) is 12.3 Å². The van der Waals surface area contributed by atoms with Gasteiger partial charge in [0.25, 0.3) is 0 Å². The highest BCUT2D eigenvalue weighted by Gasteiger charge is 2.11. The van der Waals surface area contributed by atoms with Crippen LogP contribution < -0.4 is 5.32 Å². The maximum Gasteiger partial charge on any atom is 0.0624 e. The van der Waals surface area contributed by atoms with Crippen LogP contribution in [0.5, 0.6) is 0 Å². The molecule has 0 aromatic carbocycles. The highest BCUT2D eigenvalue weighted by molar-refractivity contribution is 4.99. The van der Waals surface area contributed by atoms with Crippen LogP contribution in [0.3, 0.4) is 0 Å². The molecule has 1 aromatic heterocycles. The number of hydrogen-bond acceptors (Lipinski definition) is 2. The Kier molecular flexibility index (Phi) is 5.39. The molecule has 0 fully saturated rings. The van der Waals surface area contributed by atoms with E-state index in [-0.39, 0.29) is 5.54 Å². The molecule has 1 atom stereocenters. The Morgan fingerprint density at radius 2 is 1.94 bits per heavy atom. The van der Waals surface area contributed by atoms with Gasteiger partial charge in [-0.05, 0) is 66.0 Å². The van der Waals surface area contributed by atoms with E-state index in [1.54, 1.807) is 0 Å². The van der Waals surface area contributed by atoms with Crippen LogP contribution in [0, 0.1) is 5.92 Å². The van der Waals surface area contributed by atoms with Crippen LogP contribution in [-0.4, -0.2) is 21.9 Å². The molecule has 0 amide bonds. The first-order valence-corrected chi connectivity index (χ1v) is 7.07. The van der Waals surface area contributed by atoms with Crippen molar-refractivity contribution in [2.24, 2.45) is 5.92 Å². The van der Waals surface area contributed by atoms with Gasteiger partial charge in [-0.1, -0.05) is 6.92 Å². The maximum absolute atomic E-state index is 4.59. The average molecular weight is 251 g/mol. The van der Waals surface area contributed by atoms with E-state index < -0.39 is 0 Å². The van der Waals surface area contributed by atoms with Gasteiger partial charge < -0.3 is 5.32 Å². The molecule has 3 heteroatoms. The first-order chi connectivity index (χ1) is 8.28. The fraction of sp³-hybridized carbons (Fsp3) is 0.800. The summed E-state index contributed by atoms with van der Waals surface area (Å²) in [7, 11) is 0. The summed E-state index contributed by atoms with van der Waals surface area (Å²) in [5.41, 5.74) is 1.43. The second-order valence-corrected chi connectivity index (χ2v) is 6.66. The standard InChI is InChI=1S/C15H29N3/c1-12(2)18-10-9-14(17-18)8-7-13(3)11-16-15(4,5)6/h9-10,12-13,16H,7-8,11H2,1-6H3. The van der Waals surface area contributed by atoms with Gasteiger partial charge in [-0.15, -0.1) is 0 Å². The number of aryl methyl sites for hydroxylation is 1. The van der Waals surface area contributed by atoms with Crippen molar-refractivity contribution in [3.05, 3.63) is 18.0 Å². The number of aromatic nitrogens is 2. The fourth-order valence-electron chi connectivity index (χ4n) is 1.78. The highest BCUT2D eigenvalue weighted by Crippen LogP contribution is 2.11. The van der Waals surface area contributed by atoms with Crippen molar-refractivity contribution in [2.45, 2.75) is 66.0 Å². The van der Waals surface area contributed by atoms with Gasteiger partial charge in [0, 0.05) is 17.8 Å². The van der Waals surface area contributed by atoms with Crippen molar-refractivity contribution in [3.63, 3.8) is 0 Å². The lowest BCUT2D eigenvalue weighted by molar-refractivity contribution is 0.371. The molecular weight excluding hydrogens is 222 g/mol. The lowest BCUT2D eigenvalue weighted by Crippen LogP contribution is -2.38. The monoisotopic (exact) mass is 251 g/mol. The second-order valence-electron chi connectivity index (χ2n) is 6.66. The molecule has 18 heavy (non-hydrogen) atoms. The van der Waals surface area contributed by atoms with Gasteiger partial charge in [-0.25, -0.2) is 0 Å². The summed E-state index contributed by atoms with van der Waals surface area (Å²) in [6.45, 7) is 14.3. The van der Waals surface area contributed by atoms with E-state index in [0.717, 1.165) is 13.0 Å². The average Bonchev–Trinajstić information content (AvgIpc) is 2.71. The van der Waals surface area contributed by atoms with Crippen molar-refractivity contribution in [1.82, 2.24) is 15.1 Å². The molecule has 0 saturated carbocycles. The minimum atomic E-state index is 0.216. The predicted molar refractivity (Wildman–Crippen MR) is 77.9 cm³/mol. The quantitative estimate of drug-likeness (QED) is 0.839. The van der Waals surface area contributed by atoms with E-state index in [1.807, 2.05) is 4.68 Å². The summed E-state index contributed by atoms with van der Waals surface area (Å²) in [6.07, 6.45) is 4.35. The summed E-state index contributed by atoms with van der Waals surface area (Å²) < 4.78 is 2.04. The Bertz CT molecular complexity index is 347. The summed E-state index contributed by atoms with van der Waals surface area (Å²) in [4.78, 5) is 0. The van der Waals surface area contributed by atoms with Crippen molar-refractivity contribution < 1.29 is 0 Å². The molecule has 1 rings (SSSR count). The van der Waals surface area contributed by atoms with Gasteiger partial charge in [-0.3, -0.25) is 4.68 Å². The zero-order valence-electron chi connectivity index (χ0n) is 12.8. The van der Waals surface area contributed by atoms with E-state index in [9.17, 15) is 0 Å². The molecule has 1 heterocycles. The lowest BCUT2D eigenvalue weighted by Gasteiger charge is -2.23. The van der Waals surface area contributed by atoms with Crippen molar-refractivity contribution in [2.75, 3.05) is 6.54 Å². The largest absolute Gasteiger partial charge is 0.312 e. The molecular formula is C15H29N3. The van der Waals surface area contributed by atoms with E-state index in [0.29, 0.717) is 12.0 Å². The zero-order chi connectivity index (χ0) is 13.8. The normalized spacial score (nSPS) is 14.2. The van der Waals surface area contributed by atoms with E-state index in [2.05, 4.69) is 64.2 Å². The predicted octanol–water partition coefficient (Wildman–Crippen LogP) is 3.42. The van der Waals surface area contributed by atoms with Crippen molar-refractivity contribution in [3.8, 4) is 0 Å². The van der Waals surface area contributed by atoms with Crippen LogP contribution in [-0.2, 0) is 6.42 Å². The van der Waals surface area contributed by atoms with Gasteiger partial charge in [0.2, 0.25) is 0 Å². The smallest absolute Gasteiger partial charge is 0.0624 e. The SMILES string of the molecule is CC(CCc1ccn(C(C)C)n1)CNC(C)(C)C. The molecule has 0 spiro atoms. The van der Waals surface area contributed by atoms with Crippen LogP contribution in [0.25, 0.3) is 0 Å². The molecule has 0 aliphatic carbocycles. The van der Waals surface area contributed by atoms with Gasteiger partial charge in [0.15, 0.2) is 0 Å². The fourth-order valence-corrected chi connectivity index (χ4v) is 1.78. The Balaban J connectivity index is 2.31. The molecule has 1 N–H and O–H groups in total. The molecule has 0 saturated heterocycles. The first-order valence-electron chi connectivity index (χ1n) is 7.07. The third-order valence-corrected chi connectivity index (χ3v) is 3.07. The molecule has 1 aromatic rings. The number of nitrogens with one attached hydrogen (secondary N) is 1. The third kappa shape index (κ3) is 5.67. The molecule has 104 valence electrons. The Morgan fingerprint density at radius 3 is 2.44 bits per heavy atom. The Labute approximate surface area is 112 Å². The van der Waals surface area contributed by atoms with Gasteiger partial charge in [0.05, 0.1) is 5.69 Å². The zero-order valence-corrected chi connectivity index (χ0v) is 12.8. The molecule has 0 aliphatic rings. The van der Waals surface area contributed by atoms with Gasteiger partial charge >= 0.3 is 0 Å². The van der Waals surface area contributed by atoms with Crippen LogP contribution in [0.2, 0.25) is 0 Å². The van der Waals surface area contributed by atoms with Gasteiger partial charge in [0.1, 0.15) is 0 Å². The highest BCUT2D eigenvalue weighted by atomic mass is 15.3. The lowest BCUT2D eigenvalue weighted by atomic mass is 10.0. The molecule has 3 nitrogen and oxygen atoms in total. The molecule has 0 radical (unpaired) electrons. The second kappa shape index (κ2) is 6.37. The molecule has 0 aliphatic heterocycles. The van der Waals surface area contributed by atoms with Gasteiger partial charge in [-0.2, -0.15) is 5.10 Å². The molecule has 0 bridgehead atoms. The van der Waals surface area contributed by atoms with Crippen LogP contribution >= 0.6 is 0 Å². The third-order valence-electron chi connectivity index (χ3n) is 3.07. The van der Waals surface area contributed by atoms with E-state index in [4.69, 9.17) is 0 Å². The van der Waals surface area contributed by atoms with E-state index in [1.165, 1.54) is 12.1 Å². The minimum absolute atomic E-state index is 0.216. The maximum atomic E-state index is 4.59. The van der Waals surface area contributed by atoms with Crippen molar-refractivity contribution in [1.29, 1.82) is 0 Å². The van der Waals surface area contributed by atoms with Crippen LogP contribution in [0.4, 0.5) is 0 Å². The van der Waals surface area contributed by atoms with E-state index >= 15 is 0 Å². The summed E-state index contributed by atoms with van der Waals surface area (Å²) in [5.74, 6) is 0.688. The van der Waals surface area contributed by atoms with Crippen LogP contribution in [0.1, 0.15) is 59.7 Å². The Hall–Kier alpha value is -0.830. The molecule has 1 unspecified atom stereocenters. The summed E-state index contributed by atoms with van der Waals surface area (Å²) in [5, 5.41) is 8.14. The number of hydrogen-bond donors (Lipinski definition) is 1. The minimum Gasteiger partial charge on any atom is -0.312 e.